The van der Waals surface area contributed by atoms with E-state index < -0.39 is 26.1 Å². The van der Waals surface area contributed by atoms with Gasteiger partial charge in [-0.1, -0.05) is 68.2 Å². The fourth-order valence-corrected chi connectivity index (χ4v) is 14.1. The molecule has 2 radical (unpaired) electrons. The molecule has 4 bridgehead atoms. The van der Waals surface area contributed by atoms with E-state index in [1.54, 1.807) is 0 Å². The number of morpholine rings is 2. The van der Waals surface area contributed by atoms with E-state index in [4.69, 9.17) is 24.3 Å². The van der Waals surface area contributed by atoms with E-state index in [0.29, 0.717) is 49.1 Å². The number of ether oxygens (including phenoxy) is 3. The van der Waals surface area contributed by atoms with Crippen molar-refractivity contribution in [2.45, 2.75) is 146 Å². The summed E-state index contributed by atoms with van der Waals surface area (Å²) in [4.78, 5) is 62.2. The van der Waals surface area contributed by atoms with Crippen LogP contribution in [0.5, 0.6) is 0 Å². The van der Waals surface area contributed by atoms with Crippen molar-refractivity contribution < 1.29 is 38.5 Å². The van der Waals surface area contributed by atoms with Crippen molar-refractivity contribution in [2.24, 2.45) is 0 Å². The van der Waals surface area contributed by atoms with Crippen molar-refractivity contribution in [1.82, 2.24) is 30.2 Å². The van der Waals surface area contributed by atoms with Gasteiger partial charge in [0.1, 0.15) is 24.4 Å². The average molecular weight is 1140 g/mol. The largest absolute Gasteiger partial charge is 0.480 e. The predicted molar refractivity (Wildman–Crippen MR) is 328 cm³/mol. The molecule has 83 heavy (non-hydrogen) atoms. The number of nitrogens with one attached hydrogen (secondary N) is 3. The van der Waals surface area contributed by atoms with Gasteiger partial charge in [-0.25, -0.2) is 14.6 Å². The second-order valence-corrected chi connectivity index (χ2v) is 29.9. The predicted octanol–water partition coefficient (Wildman–Crippen LogP) is 8.34. The van der Waals surface area contributed by atoms with Crippen molar-refractivity contribution in [3.8, 4) is 33.4 Å². The Morgan fingerprint density at radius 2 is 1.24 bits per heavy atom. The van der Waals surface area contributed by atoms with Crippen LogP contribution in [0.2, 0.25) is 25.7 Å². The quantitative estimate of drug-likeness (QED) is 0.0304. The van der Waals surface area contributed by atoms with Crippen LogP contribution in [-0.2, 0) is 53.0 Å². The van der Waals surface area contributed by atoms with E-state index in [9.17, 15) is 24.3 Å². The highest BCUT2D eigenvalue weighted by Crippen LogP contribution is 2.41. The Morgan fingerprint density at radius 3 is 1.73 bits per heavy atom. The summed E-state index contributed by atoms with van der Waals surface area (Å²) in [6.07, 6.45) is 13.1. The summed E-state index contributed by atoms with van der Waals surface area (Å²) in [5.74, 6) is 0.518. The molecule has 6 aromatic rings. The van der Waals surface area contributed by atoms with Gasteiger partial charge in [0.2, 0.25) is 5.91 Å². The van der Waals surface area contributed by atoms with Crippen molar-refractivity contribution in [2.75, 3.05) is 48.0 Å². The number of carbonyl (C=O) groups is 4. The van der Waals surface area contributed by atoms with Crippen LogP contribution in [-0.4, -0.2) is 141 Å². The van der Waals surface area contributed by atoms with Gasteiger partial charge in [0.15, 0.2) is 0 Å². The second-order valence-electron chi connectivity index (χ2n) is 24.3. The monoisotopic (exact) mass is 1140 g/mol. The lowest BCUT2D eigenvalue weighted by Gasteiger charge is -2.32. The maximum Gasteiger partial charge on any atom is 0.320 e. The number of carboxylic acids is 1. The van der Waals surface area contributed by atoms with Crippen molar-refractivity contribution in [1.29, 1.82) is 0 Å². The van der Waals surface area contributed by atoms with Gasteiger partial charge in [0.05, 0.1) is 61.6 Å². The maximum atomic E-state index is 14.0. The molecule has 4 N–H and O–H groups in total. The van der Waals surface area contributed by atoms with Crippen LogP contribution in [0.1, 0.15) is 84.0 Å². The van der Waals surface area contributed by atoms with Crippen LogP contribution >= 0.6 is 0 Å². The van der Waals surface area contributed by atoms with E-state index in [1.807, 2.05) is 54.3 Å². The Kier molecular flexibility index (Phi) is 17.9. The first-order chi connectivity index (χ1) is 40.2. The number of nitrogens with zero attached hydrogens (tertiary/aromatic N) is 6. The zero-order valence-corrected chi connectivity index (χ0v) is 49.3. The van der Waals surface area contributed by atoms with Crippen LogP contribution in [0, 0.1) is 13.8 Å². The third-order valence-electron chi connectivity index (χ3n) is 17.6. The number of hydrogen-bond donors (Lipinski definition) is 4. The molecule has 6 aliphatic rings. The normalized spacial score (nSPS) is 22.0. The Bertz CT molecular complexity index is 3320. The third kappa shape index (κ3) is 13.1. The molecule has 430 valence electrons. The van der Waals surface area contributed by atoms with Crippen molar-refractivity contribution >= 4 is 64.5 Å². The molecule has 7 heterocycles. The molecule has 2 aliphatic carbocycles. The highest BCUT2D eigenvalue weighted by Gasteiger charge is 2.41. The zero-order chi connectivity index (χ0) is 57.8. The number of carbonyl (C=O) groups excluding carboxylic acids is 3. The summed E-state index contributed by atoms with van der Waals surface area (Å²) in [6, 6.07) is 29.7. The minimum absolute atomic E-state index is 0.115. The molecule has 0 saturated carbocycles. The van der Waals surface area contributed by atoms with E-state index in [0.717, 1.165) is 158 Å². The van der Waals surface area contributed by atoms with Crippen LogP contribution in [0.3, 0.4) is 0 Å². The van der Waals surface area contributed by atoms with Gasteiger partial charge in [-0.05, 0) is 158 Å². The summed E-state index contributed by atoms with van der Waals surface area (Å²) >= 11 is 0. The standard InChI is InChI=1S/C40H50BN6O4Si.C23H25BN3O4/c1-26-38(27(2)47(45-26)25-50-17-18-52(3,4)5)29-11-13-32(14-12-29)43-40(49)39(44-41-24-48)35-8-6-7-28-9-10-30(19-36(28)35)31-15-16-42-37(20-31)46-22-34-21-33(46)23-51-34;28-13-24-26-22(23(29)30)19-3-1-2-14-4-5-15(8-20(14)19)16-6-7-25-21(9-16)27-11-18-10-17(27)12-31-18/h9-16,19-20,24,33-35,39,44H,6-8,17-18,21-23,25H2,1-5H3,(H,43,49);4-9,13,17-19,22,26H,1-3,10-12H2,(H,29,30)/t33-,34-,35-,39+;17-,18-,19-,22+/m11/s1. The number of fused-ring (bicyclic) bond motifs is 6. The highest BCUT2D eigenvalue weighted by molar-refractivity contribution is 6.76. The summed E-state index contributed by atoms with van der Waals surface area (Å²) < 4.78 is 19.4. The van der Waals surface area contributed by atoms with Crippen molar-refractivity contribution in [3.05, 3.63) is 131 Å². The maximum absolute atomic E-state index is 14.0. The Morgan fingerprint density at radius 1 is 0.723 bits per heavy atom. The molecule has 4 fully saturated rings. The number of pyridine rings is 2. The smallest absolute Gasteiger partial charge is 0.320 e. The second kappa shape index (κ2) is 25.6. The molecule has 12 rings (SSSR count). The minimum atomic E-state index is -1.16. The number of benzene rings is 3. The van der Waals surface area contributed by atoms with Gasteiger partial charge in [0.25, 0.3) is 14.8 Å². The van der Waals surface area contributed by atoms with Gasteiger partial charge in [-0.2, -0.15) is 5.10 Å². The molecule has 1 amide bonds. The third-order valence-corrected chi connectivity index (χ3v) is 19.3. The molecular formula is C63H75B2N9O8Si. The number of amides is 1. The lowest BCUT2D eigenvalue weighted by Crippen LogP contribution is -2.47. The van der Waals surface area contributed by atoms with Crippen LogP contribution < -0.4 is 25.6 Å². The molecule has 0 spiro atoms. The van der Waals surface area contributed by atoms with Gasteiger partial charge < -0.3 is 54.5 Å². The molecule has 4 saturated heterocycles. The van der Waals surface area contributed by atoms with E-state index in [-0.39, 0.29) is 17.7 Å². The SMILES string of the molecule is Cc1nn(COCC[Si](C)(C)C)c(C)c1-c1ccc(NC(=O)[C@@H](N[B]C=O)[C@@H]2CCCc3ccc(-c4ccnc(N5C[C@H]6C[C@@H]5CO6)c4)cc32)cc1.O=C[B]N[C@H](C(=O)O)[C@@H]1CCCc2ccc(-c3ccnc(N4C[C@H]5C[C@@H]4CO5)c3)cc21. The van der Waals surface area contributed by atoms with Crippen LogP contribution in [0.4, 0.5) is 17.3 Å². The first kappa shape index (κ1) is 58.0. The van der Waals surface area contributed by atoms with Gasteiger partial charge in [0, 0.05) is 68.9 Å². The van der Waals surface area contributed by atoms with Crippen molar-refractivity contribution in [3.63, 3.8) is 0 Å². The molecule has 3 aromatic heterocycles. The fraction of sp³-hybridized carbons (Fsp3) is 0.444. The van der Waals surface area contributed by atoms with E-state index >= 15 is 0 Å². The molecule has 20 heteroatoms. The summed E-state index contributed by atoms with van der Waals surface area (Å²) in [5.41, 5.74) is 13.7. The Hall–Kier alpha value is -6.80. The lowest BCUT2D eigenvalue weighted by molar-refractivity contribution is -0.139. The van der Waals surface area contributed by atoms with Crippen LogP contribution in [0.15, 0.2) is 97.3 Å². The number of aromatic nitrogens is 4. The number of carboxylic acid groups (broad SMARTS) is 1. The molecular weight excluding hydrogens is 1060 g/mol. The van der Waals surface area contributed by atoms with Gasteiger partial charge >= 0.3 is 5.97 Å². The Balaban J connectivity index is 0.000000197. The summed E-state index contributed by atoms with van der Waals surface area (Å²) in [7, 11) is 1.36. The lowest BCUT2D eigenvalue weighted by atomic mass is 9.76. The average Bonchev–Trinajstić information content (AvgIpc) is 4.48. The van der Waals surface area contributed by atoms with Gasteiger partial charge in [-0.15, -0.1) is 0 Å². The molecule has 3 aromatic carbocycles. The molecule has 4 aliphatic heterocycles. The topological polar surface area (TPSA) is 202 Å². The summed E-state index contributed by atoms with van der Waals surface area (Å²) in [5, 5.41) is 23.6. The summed E-state index contributed by atoms with van der Waals surface area (Å²) in [6.45, 7) is 15.6. The minimum Gasteiger partial charge on any atom is -0.480 e. The van der Waals surface area contributed by atoms with E-state index in [2.05, 4.69) is 112 Å². The molecule has 8 atom stereocenters. The number of rotatable bonds is 21. The number of aliphatic carboxylic acids is 1. The number of aryl methyl sites for hydroxylation is 3. The Labute approximate surface area is 489 Å². The zero-order valence-electron chi connectivity index (χ0n) is 48.3. The fourth-order valence-electron chi connectivity index (χ4n) is 13.3. The number of anilines is 3. The highest BCUT2D eigenvalue weighted by atomic mass is 28.3. The first-order valence-corrected chi connectivity index (χ1v) is 33.2. The molecule has 0 unspecified atom stereocenters. The van der Waals surface area contributed by atoms with Gasteiger partial charge in [-0.3, -0.25) is 9.59 Å². The first-order valence-electron chi connectivity index (χ1n) is 29.5. The van der Waals surface area contributed by atoms with E-state index in [1.165, 1.54) is 26.0 Å². The number of hydrogen-bond acceptors (Lipinski definition) is 14. The molecule has 17 nitrogen and oxygen atoms in total. The van der Waals surface area contributed by atoms with Crippen LogP contribution in [0.25, 0.3) is 33.4 Å².